The topological polar surface area (TPSA) is 88.1 Å². The SMILES string of the molecule is C=C1COC(CCC(C(=O)OC(C)(C)C)C(=O)OC(C)(C)C)=C(C(=O)OC)C1. The first-order valence-electron chi connectivity index (χ1n) is 9.29. The van der Waals surface area contributed by atoms with E-state index in [1.165, 1.54) is 7.11 Å². The monoisotopic (exact) mass is 396 g/mol. The molecule has 1 aliphatic rings. The standard InChI is InChI=1S/C21H32O7/c1-13-11-15(17(22)25-8)16(26-12-13)10-9-14(18(23)27-20(2,3)4)19(24)28-21(5,6)7/h14H,1,9-12H2,2-8H3. The summed E-state index contributed by atoms with van der Waals surface area (Å²) in [5.74, 6) is -2.57. The molecule has 0 bridgehead atoms. The van der Waals surface area contributed by atoms with Gasteiger partial charge in [0.15, 0.2) is 5.92 Å². The van der Waals surface area contributed by atoms with E-state index in [9.17, 15) is 14.4 Å². The van der Waals surface area contributed by atoms with Gasteiger partial charge < -0.3 is 18.9 Å². The van der Waals surface area contributed by atoms with Crippen LogP contribution in [-0.4, -0.2) is 42.8 Å². The van der Waals surface area contributed by atoms with E-state index in [0.717, 1.165) is 5.57 Å². The second-order valence-electron chi connectivity index (χ2n) is 8.77. The third-order valence-electron chi connectivity index (χ3n) is 3.69. The maximum atomic E-state index is 12.6. The van der Waals surface area contributed by atoms with Crippen LogP contribution in [0.15, 0.2) is 23.5 Å². The van der Waals surface area contributed by atoms with Gasteiger partial charge in [0.05, 0.1) is 12.7 Å². The Morgan fingerprint density at radius 1 is 1.04 bits per heavy atom. The van der Waals surface area contributed by atoms with Crippen molar-refractivity contribution in [1.29, 1.82) is 0 Å². The maximum Gasteiger partial charge on any atom is 0.337 e. The van der Waals surface area contributed by atoms with E-state index in [2.05, 4.69) is 6.58 Å². The number of carbonyl (C=O) groups is 3. The largest absolute Gasteiger partial charge is 0.493 e. The third-order valence-corrected chi connectivity index (χ3v) is 3.69. The normalized spacial score (nSPS) is 15.2. The minimum atomic E-state index is -1.13. The average Bonchev–Trinajstić information content (AvgIpc) is 2.52. The highest BCUT2D eigenvalue weighted by atomic mass is 16.6. The van der Waals surface area contributed by atoms with E-state index in [-0.39, 0.29) is 19.4 Å². The molecule has 1 aliphatic heterocycles. The smallest absolute Gasteiger partial charge is 0.337 e. The zero-order chi connectivity index (χ0) is 21.7. The molecule has 0 N–H and O–H groups in total. The number of esters is 3. The Hall–Kier alpha value is -2.31. The molecule has 0 aliphatic carbocycles. The quantitative estimate of drug-likeness (QED) is 0.294. The van der Waals surface area contributed by atoms with Crippen molar-refractivity contribution in [2.24, 2.45) is 5.92 Å². The van der Waals surface area contributed by atoms with Crippen molar-refractivity contribution in [3.8, 4) is 0 Å². The second kappa shape index (κ2) is 9.26. The Morgan fingerprint density at radius 3 is 1.96 bits per heavy atom. The molecule has 0 saturated carbocycles. The van der Waals surface area contributed by atoms with E-state index in [1.807, 2.05) is 0 Å². The van der Waals surface area contributed by atoms with Crippen molar-refractivity contribution in [3.05, 3.63) is 23.5 Å². The lowest BCUT2D eigenvalue weighted by atomic mass is 9.96. The number of methoxy groups -OCH3 is 1. The van der Waals surface area contributed by atoms with Gasteiger partial charge in [0.1, 0.15) is 23.6 Å². The molecule has 0 unspecified atom stereocenters. The maximum absolute atomic E-state index is 12.6. The summed E-state index contributed by atoms with van der Waals surface area (Å²) in [6.07, 6.45) is 0.624. The molecule has 0 spiro atoms. The summed E-state index contributed by atoms with van der Waals surface area (Å²) in [6, 6.07) is 0. The Bertz CT molecular complexity index is 631. The Kier molecular flexibility index (Phi) is 7.84. The van der Waals surface area contributed by atoms with Crippen molar-refractivity contribution in [1.82, 2.24) is 0 Å². The highest BCUT2D eigenvalue weighted by Gasteiger charge is 2.35. The molecule has 0 amide bonds. The molecule has 0 aromatic carbocycles. The molecule has 1 rings (SSSR count). The van der Waals surface area contributed by atoms with Crippen molar-refractivity contribution in [2.45, 2.75) is 72.0 Å². The van der Waals surface area contributed by atoms with Gasteiger partial charge in [0.25, 0.3) is 0 Å². The van der Waals surface area contributed by atoms with Crippen molar-refractivity contribution >= 4 is 17.9 Å². The lowest BCUT2D eigenvalue weighted by Crippen LogP contribution is -2.37. The van der Waals surface area contributed by atoms with Gasteiger partial charge in [0, 0.05) is 12.8 Å². The first-order chi connectivity index (χ1) is 12.7. The highest BCUT2D eigenvalue weighted by Crippen LogP contribution is 2.29. The number of allylic oxidation sites excluding steroid dienone is 1. The summed E-state index contributed by atoms with van der Waals surface area (Å²) in [5.41, 5.74) is -0.384. The van der Waals surface area contributed by atoms with Crippen LogP contribution >= 0.6 is 0 Å². The van der Waals surface area contributed by atoms with Crippen LogP contribution in [0, 0.1) is 5.92 Å². The summed E-state index contributed by atoms with van der Waals surface area (Å²) in [5, 5.41) is 0. The predicted octanol–water partition coefficient (Wildman–Crippen LogP) is 3.47. The zero-order valence-corrected chi connectivity index (χ0v) is 18.0. The van der Waals surface area contributed by atoms with Gasteiger partial charge in [-0.1, -0.05) is 6.58 Å². The molecular weight excluding hydrogens is 364 g/mol. The fourth-order valence-electron chi connectivity index (χ4n) is 2.56. The van der Waals surface area contributed by atoms with Crippen LogP contribution in [-0.2, 0) is 33.3 Å². The van der Waals surface area contributed by atoms with E-state index in [4.69, 9.17) is 18.9 Å². The molecule has 28 heavy (non-hydrogen) atoms. The molecule has 0 aromatic rings. The van der Waals surface area contributed by atoms with Crippen LogP contribution in [0.2, 0.25) is 0 Å². The zero-order valence-electron chi connectivity index (χ0n) is 18.0. The van der Waals surface area contributed by atoms with Crippen LogP contribution in [0.1, 0.15) is 60.8 Å². The first-order valence-corrected chi connectivity index (χ1v) is 9.29. The molecule has 0 atom stereocenters. The van der Waals surface area contributed by atoms with Crippen LogP contribution in [0.3, 0.4) is 0 Å². The van der Waals surface area contributed by atoms with E-state index >= 15 is 0 Å². The van der Waals surface area contributed by atoms with Gasteiger partial charge in [-0.05, 0) is 53.5 Å². The Labute approximate surface area is 167 Å². The second-order valence-corrected chi connectivity index (χ2v) is 8.77. The van der Waals surface area contributed by atoms with Crippen LogP contribution in [0.4, 0.5) is 0 Å². The van der Waals surface area contributed by atoms with E-state index in [1.54, 1.807) is 41.5 Å². The first kappa shape index (κ1) is 23.7. The molecule has 7 heteroatoms. The summed E-state index contributed by atoms with van der Waals surface area (Å²) in [4.78, 5) is 37.2. The third kappa shape index (κ3) is 7.74. The van der Waals surface area contributed by atoms with Crippen LogP contribution in [0.25, 0.3) is 0 Å². The van der Waals surface area contributed by atoms with Gasteiger partial charge in [0.2, 0.25) is 0 Å². The number of hydrogen-bond donors (Lipinski definition) is 0. The molecular formula is C21H32O7. The van der Waals surface area contributed by atoms with Crippen molar-refractivity contribution < 1.29 is 33.3 Å². The molecule has 0 radical (unpaired) electrons. The summed E-state index contributed by atoms with van der Waals surface area (Å²) < 4.78 is 21.2. The Morgan fingerprint density at radius 2 is 1.54 bits per heavy atom. The Balaban J connectivity index is 3.04. The number of ether oxygens (including phenoxy) is 4. The van der Waals surface area contributed by atoms with E-state index in [0.29, 0.717) is 17.8 Å². The van der Waals surface area contributed by atoms with Crippen LogP contribution in [0.5, 0.6) is 0 Å². The summed E-state index contributed by atoms with van der Waals surface area (Å²) >= 11 is 0. The number of rotatable bonds is 6. The predicted molar refractivity (Wildman–Crippen MR) is 103 cm³/mol. The molecule has 0 fully saturated rings. The van der Waals surface area contributed by atoms with Gasteiger partial charge in [-0.15, -0.1) is 0 Å². The summed E-state index contributed by atoms with van der Waals surface area (Å²) in [7, 11) is 1.29. The lowest BCUT2D eigenvalue weighted by Gasteiger charge is -2.27. The fraction of sp³-hybridized carbons (Fsp3) is 0.667. The number of hydrogen-bond acceptors (Lipinski definition) is 7. The van der Waals surface area contributed by atoms with Crippen molar-refractivity contribution in [2.75, 3.05) is 13.7 Å². The van der Waals surface area contributed by atoms with Gasteiger partial charge in [-0.2, -0.15) is 0 Å². The average molecular weight is 396 g/mol. The number of carbonyl (C=O) groups excluding carboxylic acids is 3. The molecule has 158 valence electrons. The molecule has 7 nitrogen and oxygen atoms in total. The van der Waals surface area contributed by atoms with Gasteiger partial charge in [-0.3, -0.25) is 9.59 Å². The molecule has 0 aromatic heterocycles. The fourth-order valence-corrected chi connectivity index (χ4v) is 2.56. The van der Waals surface area contributed by atoms with Crippen LogP contribution < -0.4 is 0 Å². The minimum absolute atomic E-state index is 0.0894. The van der Waals surface area contributed by atoms with Gasteiger partial charge >= 0.3 is 17.9 Å². The highest BCUT2D eigenvalue weighted by molar-refractivity contribution is 5.95. The summed E-state index contributed by atoms with van der Waals surface area (Å²) in [6.45, 7) is 14.5. The molecule has 0 saturated heterocycles. The van der Waals surface area contributed by atoms with Gasteiger partial charge in [-0.25, -0.2) is 4.79 Å². The lowest BCUT2D eigenvalue weighted by molar-refractivity contribution is -0.174. The molecule has 1 heterocycles. The van der Waals surface area contributed by atoms with Crippen molar-refractivity contribution in [3.63, 3.8) is 0 Å². The van der Waals surface area contributed by atoms with E-state index < -0.39 is 35.0 Å². The minimum Gasteiger partial charge on any atom is -0.493 e.